The molecule has 0 saturated carbocycles. The van der Waals surface area contributed by atoms with Crippen LogP contribution in [-0.2, 0) is 11.3 Å². The van der Waals surface area contributed by atoms with Crippen molar-refractivity contribution in [3.05, 3.63) is 60.2 Å². The normalized spacial score (nSPS) is 17.8. The van der Waals surface area contributed by atoms with E-state index in [9.17, 15) is 4.79 Å². The van der Waals surface area contributed by atoms with E-state index in [0.717, 1.165) is 45.6 Å². The van der Waals surface area contributed by atoms with Crippen LogP contribution in [0.5, 0.6) is 0 Å². The Kier molecular flexibility index (Phi) is 6.45. The van der Waals surface area contributed by atoms with E-state index in [1.807, 2.05) is 11.0 Å². The Morgan fingerprint density at radius 2 is 1.65 bits per heavy atom. The number of hydrogen-bond donors (Lipinski definition) is 0. The van der Waals surface area contributed by atoms with E-state index in [-0.39, 0.29) is 5.92 Å². The van der Waals surface area contributed by atoms with Crippen LogP contribution in [0.1, 0.15) is 32.3 Å². The molecule has 0 unspecified atom stereocenters. The number of benzene rings is 2. The summed E-state index contributed by atoms with van der Waals surface area (Å²) in [6, 6.07) is 19.3. The second kappa shape index (κ2) is 9.00. The van der Waals surface area contributed by atoms with Crippen molar-refractivity contribution in [2.24, 2.45) is 5.92 Å². The van der Waals surface area contributed by atoms with Crippen LogP contribution in [0.3, 0.4) is 0 Å². The number of carbonyl (C=O) groups is 1. The minimum absolute atomic E-state index is 0.159. The molecule has 0 spiro atoms. The molecule has 2 aromatic rings. The molecule has 0 N–H and O–H groups in total. The molecule has 1 saturated heterocycles. The standard InChI is InChI=1S/C23H30N2O/c1-3-25(4-2)23(26)22-11-8-16-24(18-22)17-19-12-14-21(15-13-19)20-9-6-5-7-10-20/h5-7,9-10,12-15,22H,3-4,8,11,16-18H2,1-2H3/t22-/m1/s1. The maximum absolute atomic E-state index is 12.7. The molecule has 0 aromatic heterocycles. The average Bonchev–Trinajstić information content (AvgIpc) is 2.70. The average molecular weight is 351 g/mol. The van der Waals surface area contributed by atoms with Crippen LogP contribution < -0.4 is 0 Å². The Balaban J connectivity index is 1.61. The summed E-state index contributed by atoms with van der Waals surface area (Å²) in [6.07, 6.45) is 2.14. The Morgan fingerprint density at radius 1 is 1.00 bits per heavy atom. The van der Waals surface area contributed by atoms with Gasteiger partial charge < -0.3 is 4.90 Å². The molecule has 138 valence electrons. The van der Waals surface area contributed by atoms with Gasteiger partial charge in [0.05, 0.1) is 5.92 Å². The van der Waals surface area contributed by atoms with Gasteiger partial charge in [-0.15, -0.1) is 0 Å². The summed E-state index contributed by atoms with van der Waals surface area (Å²) in [6.45, 7) is 8.65. The quantitative estimate of drug-likeness (QED) is 0.769. The molecule has 1 atom stereocenters. The van der Waals surface area contributed by atoms with Crippen molar-refractivity contribution in [1.29, 1.82) is 0 Å². The van der Waals surface area contributed by atoms with Crippen molar-refractivity contribution in [2.45, 2.75) is 33.2 Å². The molecule has 3 heteroatoms. The van der Waals surface area contributed by atoms with Crippen LogP contribution in [0.25, 0.3) is 11.1 Å². The summed E-state index contributed by atoms with van der Waals surface area (Å²) < 4.78 is 0. The number of rotatable bonds is 6. The van der Waals surface area contributed by atoms with Crippen LogP contribution in [0.15, 0.2) is 54.6 Å². The molecule has 3 nitrogen and oxygen atoms in total. The Bertz CT molecular complexity index is 692. The molecule has 0 radical (unpaired) electrons. The smallest absolute Gasteiger partial charge is 0.226 e. The summed E-state index contributed by atoms with van der Waals surface area (Å²) in [5, 5.41) is 0. The van der Waals surface area contributed by atoms with Gasteiger partial charge in [0.15, 0.2) is 0 Å². The van der Waals surface area contributed by atoms with Gasteiger partial charge in [0, 0.05) is 26.2 Å². The van der Waals surface area contributed by atoms with Gasteiger partial charge in [0.2, 0.25) is 5.91 Å². The van der Waals surface area contributed by atoms with E-state index in [4.69, 9.17) is 0 Å². The van der Waals surface area contributed by atoms with Gasteiger partial charge >= 0.3 is 0 Å². The Hall–Kier alpha value is -2.13. The van der Waals surface area contributed by atoms with Crippen molar-refractivity contribution in [3.8, 4) is 11.1 Å². The highest BCUT2D eigenvalue weighted by molar-refractivity contribution is 5.79. The van der Waals surface area contributed by atoms with Crippen LogP contribution in [0, 0.1) is 5.92 Å². The molecular weight excluding hydrogens is 320 g/mol. The maximum Gasteiger partial charge on any atom is 0.226 e. The van der Waals surface area contributed by atoms with Gasteiger partial charge in [0.1, 0.15) is 0 Å². The number of amides is 1. The first-order valence-electron chi connectivity index (χ1n) is 9.86. The lowest BCUT2D eigenvalue weighted by Crippen LogP contribution is -2.44. The topological polar surface area (TPSA) is 23.6 Å². The van der Waals surface area contributed by atoms with E-state index in [0.29, 0.717) is 5.91 Å². The van der Waals surface area contributed by atoms with Crippen LogP contribution in [0.4, 0.5) is 0 Å². The fraction of sp³-hybridized carbons (Fsp3) is 0.435. The van der Waals surface area contributed by atoms with E-state index in [1.54, 1.807) is 0 Å². The Labute approximate surface area is 157 Å². The Morgan fingerprint density at radius 3 is 2.31 bits per heavy atom. The van der Waals surface area contributed by atoms with Gasteiger partial charge in [-0.3, -0.25) is 9.69 Å². The molecular formula is C23H30N2O. The zero-order valence-corrected chi connectivity index (χ0v) is 16.0. The van der Waals surface area contributed by atoms with Crippen molar-refractivity contribution < 1.29 is 4.79 Å². The lowest BCUT2D eigenvalue weighted by Gasteiger charge is -2.34. The largest absolute Gasteiger partial charge is 0.343 e. The van der Waals surface area contributed by atoms with E-state index in [2.05, 4.69) is 67.3 Å². The van der Waals surface area contributed by atoms with Gasteiger partial charge in [-0.2, -0.15) is 0 Å². The van der Waals surface area contributed by atoms with Gasteiger partial charge in [0.25, 0.3) is 0 Å². The first-order chi connectivity index (χ1) is 12.7. The SMILES string of the molecule is CCN(CC)C(=O)[C@@H]1CCCN(Cc2ccc(-c3ccccc3)cc2)C1. The minimum Gasteiger partial charge on any atom is -0.343 e. The summed E-state index contributed by atoms with van der Waals surface area (Å²) in [5.41, 5.74) is 3.82. The number of carbonyl (C=O) groups excluding carboxylic acids is 1. The molecule has 1 amide bonds. The lowest BCUT2D eigenvalue weighted by molar-refractivity contribution is -0.137. The van der Waals surface area contributed by atoms with Crippen LogP contribution in [-0.4, -0.2) is 41.9 Å². The van der Waals surface area contributed by atoms with E-state index >= 15 is 0 Å². The highest BCUT2D eigenvalue weighted by atomic mass is 16.2. The summed E-state index contributed by atoms with van der Waals surface area (Å²) >= 11 is 0. The molecule has 2 aromatic carbocycles. The van der Waals surface area contributed by atoms with E-state index in [1.165, 1.54) is 16.7 Å². The fourth-order valence-electron chi connectivity index (χ4n) is 3.89. The fourth-order valence-corrected chi connectivity index (χ4v) is 3.89. The predicted molar refractivity (Wildman–Crippen MR) is 108 cm³/mol. The van der Waals surface area contributed by atoms with Crippen molar-refractivity contribution in [1.82, 2.24) is 9.80 Å². The molecule has 1 aliphatic heterocycles. The number of nitrogens with zero attached hydrogens (tertiary/aromatic N) is 2. The van der Waals surface area contributed by atoms with Crippen molar-refractivity contribution in [2.75, 3.05) is 26.2 Å². The highest BCUT2D eigenvalue weighted by Gasteiger charge is 2.28. The minimum atomic E-state index is 0.159. The zero-order valence-electron chi connectivity index (χ0n) is 16.0. The lowest BCUT2D eigenvalue weighted by atomic mass is 9.95. The first-order valence-corrected chi connectivity index (χ1v) is 9.86. The third kappa shape index (κ3) is 4.53. The number of piperidine rings is 1. The third-order valence-corrected chi connectivity index (χ3v) is 5.40. The first kappa shape index (κ1) is 18.7. The second-order valence-corrected chi connectivity index (χ2v) is 7.15. The van der Waals surface area contributed by atoms with E-state index < -0.39 is 0 Å². The van der Waals surface area contributed by atoms with Gasteiger partial charge in [-0.05, 0) is 49.9 Å². The third-order valence-electron chi connectivity index (χ3n) is 5.40. The van der Waals surface area contributed by atoms with Gasteiger partial charge in [-0.25, -0.2) is 0 Å². The number of likely N-dealkylation sites (tertiary alicyclic amines) is 1. The van der Waals surface area contributed by atoms with Gasteiger partial charge in [-0.1, -0.05) is 54.6 Å². The highest BCUT2D eigenvalue weighted by Crippen LogP contribution is 2.23. The summed E-state index contributed by atoms with van der Waals surface area (Å²) in [7, 11) is 0. The molecule has 1 heterocycles. The predicted octanol–water partition coefficient (Wildman–Crippen LogP) is 4.43. The van der Waals surface area contributed by atoms with Crippen LogP contribution in [0.2, 0.25) is 0 Å². The molecule has 0 aliphatic carbocycles. The molecule has 1 aliphatic rings. The van der Waals surface area contributed by atoms with Crippen LogP contribution >= 0.6 is 0 Å². The zero-order chi connectivity index (χ0) is 18.4. The summed E-state index contributed by atoms with van der Waals surface area (Å²) in [5.74, 6) is 0.492. The van der Waals surface area contributed by atoms with Crippen molar-refractivity contribution in [3.63, 3.8) is 0 Å². The monoisotopic (exact) mass is 350 g/mol. The number of hydrogen-bond acceptors (Lipinski definition) is 2. The van der Waals surface area contributed by atoms with Crippen molar-refractivity contribution >= 4 is 5.91 Å². The summed E-state index contributed by atoms with van der Waals surface area (Å²) in [4.78, 5) is 17.1. The molecule has 26 heavy (non-hydrogen) atoms. The second-order valence-electron chi connectivity index (χ2n) is 7.15. The molecule has 0 bridgehead atoms. The molecule has 3 rings (SSSR count). The maximum atomic E-state index is 12.7. The molecule has 1 fully saturated rings.